The van der Waals surface area contributed by atoms with Gasteiger partial charge in [0.2, 0.25) is 0 Å². The molecule has 28 heavy (non-hydrogen) atoms. The SMILES string of the molecule is O=C1NC(=S)SC1=Cc1ccc(-c2ccc(N3CCCCC3)c([N+](=O)[O-])c2)o1. The Morgan fingerprint density at radius 3 is 2.68 bits per heavy atom. The summed E-state index contributed by atoms with van der Waals surface area (Å²) in [5.41, 5.74) is 1.35. The van der Waals surface area contributed by atoms with Crippen LogP contribution in [0.4, 0.5) is 11.4 Å². The van der Waals surface area contributed by atoms with E-state index < -0.39 is 0 Å². The van der Waals surface area contributed by atoms with E-state index in [4.69, 9.17) is 16.6 Å². The lowest BCUT2D eigenvalue weighted by Crippen LogP contribution is -2.29. The van der Waals surface area contributed by atoms with Crippen LogP contribution in [0.3, 0.4) is 0 Å². The number of piperidine rings is 1. The Labute approximate surface area is 170 Å². The second kappa shape index (κ2) is 7.76. The Morgan fingerprint density at radius 2 is 2.00 bits per heavy atom. The molecular weight excluding hydrogens is 398 g/mol. The summed E-state index contributed by atoms with van der Waals surface area (Å²) < 4.78 is 6.20. The Morgan fingerprint density at radius 1 is 1.21 bits per heavy atom. The number of thioether (sulfide) groups is 1. The van der Waals surface area contributed by atoms with Gasteiger partial charge in [-0.15, -0.1) is 0 Å². The summed E-state index contributed by atoms with van der Waals surface area (Å²) >= 11 is 6.14. The third-order valence-corrected chi connectivity index (χ3v) is 5.86. The molecule has 2 saturated heterocycles. The maximum Gasteiger partial charge on any atom is 0.293 e. The van der Waals surface area contributed by atoms with Crippen LogP contribution in [-0.2, 0) is 4.79 Å². The molecule has 0 atom stereocenters. The van der Waals surface area contributed by atoms with Crippen molar-refractivity contribution >= 4 is 51.7 Å². The predicted octanol–water partition coefficient (Wildman–Crippen LogP) is 4.33. The molecule has 9 heteroatoms. The monoisotopic (exact) mass is 415 g/mol. The molecule has 7 nitrogen and oxygen atoms in total. The van der Waals surface area contributed by atoms with Crippen LogP contribution in [0.25, 0.3) is 17.4 Å². The van der Waals surface area contributed by atoms with Gasteiger partial charge in [-0.1, -0.05) is 24.0 Å². The van der Waals surface area contributed by atoms with Gasteiger partial charge in [0.05, 0.1) is 9.83 Å². The number of carbonyl (C=O) groups is 1. The predicted molar refractivity (Wildman–Crippen MR) is 113 cm³/mol. The normalized spacial score (nSPS) is 18.6. The van der Waals surface area contributed by atoms with E-state index in [1.165, 1.54) is 11.8 Å². The van der Waals surface area contributed by atoms with Crippen LogP contribution >= 0.6 is 24.0 Å². The zero-order chi connectivity index (χ0) is 19.7. The highest BCUT2D eigenvalue weighted by Gasteiger charge is 2.24. The Balaban J connectivity index is 1.63. The largest absolute Gasteiger partial charge is 0.457 e. The average Bonchev–Trinajstić information content (AvgIpc) is 3.28. The van der Waals surface area contributed by atoms with Gasteiger partial charge < -0.3 is 14.6 Å². The standard InChI is InChI=1S/C19H17N3O4S2/c23-18-17(28-19(27)20-18)11-13-5-7-16(26-13)12-4-6-14(15(10-12)22(24)25)21-8-2-1-3-9-21/h4-7,10-11H,1-3,8-9H2,(H,20,23,27). The molecule has 0 bridgehead atoms. The number of thiocarbonyl (C=S) groups is 1. The van der Waals surface area contributed by atoms with E-state index in [-0.39, 0.29) is 16.5 Å². The van der Waals surface area contributed by atoms with E-state index in [9.17, 15) is 14.9 Å². The summed E-state index contributed by atoms with van der Waals surface area (Å²) in [5.74, 6) is 0.737. The quantitative estimate of drug-likeness (QED) is 0.344. The molecule has 2 aliphatic rings. The summed E-state index contributed by atoms with van der Waals surface area (Å²) in [6.45, 7) is 1.67. The van der Waals surface area contributed by atoms with Gasteiger partial charge in [0.25, 0.3) is 11.6 Å². The van der Waals surface area contributed by atoms with E-state index in [0.29, 0.717) is 32.0 Å². The number of benzene rings is 1. The van der Waals surface area contributed by atoms with Crippen molar-refractivity contribution < 1.29 is 14.1 Å². The molecule has 0 aliphatic carbocycles. The van der Waals surface area contributed by atoms with Gasteiger partial charge in [0.15, 0.2) is 0 Å². The van der Waals surface area contributed by atoms with Crippen molar-refractivity contribution in [2.24, 2.45) is 0 Å². The molecule has 1 aromatic carbocycles. The molecule has 1 amide bonds. The lowest BCUT2D eigenvalue weighted by Gasteiger charge is -2.28. The molecular formula is C19H17N3O4S2. The number of amides is 1. The van der Waals surface area contributed by atoms with Crippen molar-refractivity contribution in [1.29, 1.82) is 0 Å². The number of rotatable bonds is 4. The Bertz CT molecular complexity index is 993. The van der Waals surface area contributed by atoms with Gasteiger partial charge in [-0.05, 0) is 43.5 Å². The van der Waals surface area contributed by atoms with Crippen LogP contribution in [0.5, 0.6) is 0 Å². The molecule has 1 aromatic heterocycles. The minimum absolute atomic E-state index is 0.0757. The third kappa shape index (κ3) is 3.81. The fraction of sp³-hybridized carbons (Fsp3) is 0.263. The van der Waals surface area contributed by atoms with Crippen molar-refractivity contribution in [3.63, 3.8) is 0 Å². The van der Waals surface area contributed by atoms with E-state index in [2.05, 4.69) is 10.2 Å². The van der Waals surface area contributed by atoms with Crippen LogP contribution in [0.15, 0.2) is 39.7 Å². The fourth-order valence-corrected chi connectivity index (χ4v) is 4.39. The molecule has 4 rings (SSSR count). The van der Waals surface area contributed by atoms with Gasteiger partial charge >= 0.3 is 0 Å². The molecule has 144 valence electrons. The Hall–Kier alpha value is -2.65. The number of nitrogens with one attached hydrogen (secondary N) is 1. The highest BCUT2D eigenvalue weighted by molar-refractivity contribution is 8.26. The zero-order valence-electron chi connectivity index (χ0n) is 14.8. The maximum atomic E-state index is 11.8. The first-order valence-electron chi connectivity index (χ1n) is 8.90. The first-order chi connectivity index (χ1) is 13.5. The number of hydrogen-bond acceptors (Lipinski definition) is 7. The first-order valence-corrected chi connectivity index (χ1v) is 10.1. The molecule has 2 aromatic rings. The molecule has 0 spiro atoms. The van der Waals surface area contributed by atoms with Crippen LogP contribution < -0.4 is 10.2 Å². The van der Waals surface area contributed by atoms with E-state index >= 15 is 0 Å². The average molecular weight is 415 g/mol. The fourth-order valence-electron chi connectivity index (χ4n) is 3.36. The third-order valence-electron chi connectivity index (χ3n) is 4.70. The minimum Gasteiger partial charge on any atom is -0.457 e. The molecule has 0 saturated carbocycles. The van der Waals surface area contributed by atoms with Gasteiger partial charge in [0.1, 0.15) is 21.5 Å². The van der Waals surface area contributed by atoms with Crippen molar-refractivity contribution in [3.05, 3.63) is 51.1 Å². The molecule has 2 fully saturated rings. The molecule has 2 aliphatic heterocycles. The molecule has 0 unspecified atom stereocenters. The van der Waals surface area contributed by atoms with Crippen molar-refractivity contribution in [3.8, 4) is 11.3 Å². The summed E-state index contributed by atoms with van der Waals surface area (Å²) in [7, 11) is 0. The van der Waals surface area contributed by atoms with E-state index in [1.54, 1.807) is 30.3 Å². The number of nitro benzene ring substituents is 1. The van der Waals surface area contributed by atoms with Crippen LogP contribution in [0.1, 0.15) is 25.0 Å². The molecule has 0 radical (unpaired) electrons. The number of furan rings is 1. The van der Waals surface area contributed by atoms with E-state index in [1.807, 2.05) is 6.07 Å². The second-order valence-corrected chi connectivity index (χ2v) is 8.28. The first kappa shape index (κ1) is 18.7. The van der Waals surface area contributed by atoms with E-state index in [0.717, 1.165) is 32.4 Å². The molecule has 3 heterocycles. The van der Waals surface area contributed by atoms with Crippen LogP contribution in [0, 0.1) is 10.1 Å². The number of carbonyl (C=O) groups excluding carboxylic acids is 1. The minimum atomic E-state index is -0.348. The lowest BCUT2D eigenvalue weighted by molar-refractivity contribution is -0.384. The van der Waals surface area contributed by atoms with Crippen LogP contribution in [0.2, 0.25) is 0 Å². The zero-order valence-corrected chi connectivity index (χ0v) is 16.5. The second-order valence-electron chi connectivity index (χ2n) is 6.56. The summed E-state index contributed by atoms with van der Waals surface area (Å²) in [4.78, 5) is 25.6. The van der Waals surface area contributed by atoms with Crippen LogP contribution in [-0.4, -0.2) is 28.2 Å². The smallest absolute Gasteiger partial charge is 0.293 e. The lowest BCUT2D eigenvalue weighted by atomic mass is 10.1. The maximum absolute atomic E-state index is 11.8. The summed E-state index contributed by atoms with van der Waals surface area (Å²) in [6, 6.07) is 8.63. The molecule has 1 N–H and O–H groups in total. The highest BCUT2D eigenvalue weighted by Crippen LogP contribution is 2.35. The topological polar surface area (TPSA) is 88.6 Å². The highest BCUT2D eigenvalue weighted by atomic mass is 32.2. The van der Waals surface area contributed by atoms with Crippen molar-refractivity contribution in [1.82, 2.24) is 5.32 Å². The number of hydrogen-bond donors (Lipinski definition) is 1. The van der Waals surface area contributed by atoms with Gasteiger partial charge in [-0.25, -0.2) is 0 Å². The van der Waals surface area contributed by atoms with Gasteiger partial charge in [-0.3, -0.25) is 14.9 Å². The van der Waals surface area contributed by atoms with Gasteiger partial charge in [0, 0.05) is 30.8 Å². The number of nitro groups is 1. The summed E-state index contributed by atoms with van der Waals surface area (Å²) in [5, 5.41) is 14.2. The van der Waals surface area contributed by atoms with Gasteiger partial charge in [-0.2, -0.15) is 0 Å². The summed E-state index contributed by atoms with van der Waals surface area (Å²) in [6.07, 6.45) is 4.86. The van der Waals surface area contributed by atoms with Crippen molar-refractivity contribution in [2.75, 3.05) is 18.0 Å². The Kier molecular flexibility index (Phi) is 5.19. The number of nitrogens with zero attached hydrogens (tertiary/aromatic N) is 2. The van der Waals surface area contributed by atoms with Crippen molar-refractivity contribution in [2.45, 2.75) is 19.3 Å². The number of anilines is 1.